The monoisotopic (exact) mass is 456 g/mol. The van der Waals surface area contributed by atoms with Gasteiger partial charge in [-0.1, -0.05) is 0 Å². The molecule has 1 aliphatic heterocycles. The van der Waals surface area contributed by atoms with Crippen LogP contribution >= 0.6 is 0 Å². The first-order chi connectivity index (χ1) is 14.7. The Morgan fingerprint density at radius 3 is 2.06 bits per heavy atom. The van der Waals surface area contributed by atoms with Gasteiger partial charge in [-0.3, -0.25) is 4.79 Å². The lowest BCUT2D eigenvalue weighted by atomic mass is 10.2. The van der Waals surface area contributed by atoms with E-state index in [-0.39, 0.29) is 11.4 Å². The molecular weight excluding hydrogens is 437 g/mol. The van der Waals surface area contributed by atoms with Crippen LogP contribution in [-0.4, -0.2) is 63.7 Å². The molecule has 0 spiro atoms. The lowest BCUT2D eigenvalue weighted by molar-refractivity contribution is -0.134. The van der Waals surface area contributed by atoms with Gasteiger partial charge in [0.2, 0.25) is 9.84 Å². The van der Waals surface area contributed by atoms with Gasteiger partial charge in [-0.25, -0.2) is 17.6 Å². The van der Waals surface area contributed by atoms with E-state index >= 15 is 0 Å². The van der Waals surface area contributed by atoms with E-state index in [4.69, 9.17) is 4.74 Å². The van der Waals surface area contributed by atoms with E-state index in [9.17, 15) is 31.2 Å². The SMILES string of the molecule is O=C(OCC(=O)N1CCN(c2ccc(F)cc2)CC1)c1ccc(S(=O)(=O)C(F)F)cc1. The van der Waals surface area contributed by atoms with E-state index in [2.05, 4.69) is 0 Å². The summed E-state index contributed by atoms with van der Waals surface area (Å²) >= 11 is 0. The Morgan fingerprint density at radius 1 is 0.935 bits per heavy atom. The van der Waals surface area contributed by atoms with Crippen molar-refractivity contribution in [1.82, 2.24) is 4.90 Å². The Labute approximate surface area is 176 Å². The zero-order valence-corrected chi connectivity index (χ0v) is 17.0. The van der Waals surface area contributed by atoms with Gasteiger partial charge in [0.25, 0.3) is 5.91 Å². The van der Waals surface area contributed by atoms with Gasteiger partial charge in [-0.05, 0) is 48.5 Å². The van der Waals surface area contributed by atoms with Gasteiger partial charge in [-0.15, -0.1) is 0 Å². The maximum atomic E-state index is 13.0. The molecule has 166 valence electrons. The lowest BCUT2D eigenvalue weighted by Crippen LogP contribution is -2.49. The number of hydrogen-bond acceptors (Lipinski definition) is 6. The van der Waals surface area contributed by atoms with E-state index in [1.54, 1.807) is 12.1 Å². The number of esters is 1. The maximum absolute atomic E-state index is 13.0. The van der Waals surface area contributed by atoms with Gasteiger partial charge in [0.05, 0.1) is 10.5 Å². The van der Waals surface area contributed by atoms with Crippen LogP contribution in [0.1, 0.15) is 10.4 Å². The summed E-state index contributed by atoms with van der Waals surface area (Å²) in [6.45, 7) is 1.35. The predicted molar refractivity (Wildman–Crippen MR) is 105 cm³/mol. The number of hydrogen-bond donors (Lipinski definition) is 0. The molecule has 1 saturated heterocycles. The molecule has 1 fully saturated rings. The third-order valence-electron chi connectivity index (χ3n) is 4.80. The van der Waals surface area contributed by atoms with E-state index in [1.165, 1.54) is 17.0 Å². The molecule has 2 aromatic carbocycles. The number of carbonyl (C=O) groups excluding carboxylic acids is 2. The molecule has 0 aliphatic carbocycles. The highest BCUT2D eigenvalue weighted by atomic mass is 32.2. The largest absolute Gasteiger partial charge is 0.452 e. The smallest absolute Gasteiger partial charge is 0.341 e. The summed E-state index contributed by atoms with van der Waals surface area (Å²) in [6.07, 6.45) is 0. The quantitative estimate of drug-likeness (QED) is 0.621. The highest BCUT2D eigenvalue weighted by molar-refractivity contribution is 7.91. The average molecular weight is 456 g/mol. The second-order valence-electron chi connectivity index (χ2n) is 6.75. The number of ether oxygens (including phenoxy) is 1. The van der Waals surface area contributed by atoms with Crippen LogP contribution < -0.4 is 4.90 Å². The molecule has 0 saturated carbocycles. The molecule has 11 heteroatoms. The fraction of sp³-hybridized carbons (Fsp3) is 0.300. The third kappa shape index (κ3) is 5.35. The molecule has 0 atom stereocenters. The second kappa shape index (κ2) is 9.38. The number of carbonyl (C=O) groups is 2. The van der Waals surface area contributed by atoms with Crippen LogP contribution in [0.25, 0.3) is 0 Å². The first-order valence-corrected chi connectivity index (χ1v) is 10.8. The van der Waals surface area contributed by atoms with Crippen LogP contribution in [0.2, 0.25) is 0 Å². The average Bonchev–Trinajstić information content (AvgIpc) is 2.78. The van der Waals surface area contributed by atoms with Crippen LogP contribution in [0.3, 0.4) is 0 Å². The number of anilines is 1. The molecule has 31 heavy (non-hydrogen) atoms. The topological polar surface area (TPSA) is 84.0 Å². The van der Waals surface area contributed by atoms with E-state index < -0.39 is 39.0 Å². The molecule has 0 N–H and O–H groups in total. The zero-order valence-electron chi connectivity index (χ0n) is 16.2. The Morgan fingerprint density at radius 2 is 1.52 bits per heavy atom. The Bertz CT molecular complexity index is 1040. The van der Waals surface area contributed by atoms with E-state index in [0.717, 1.165) is 30.0 Å². The molecule has 0 bridgehead atoms. The van der Waals surface area contributed by atoms with Gasteiger partial charge in [0, 0.05) is 31.9 Å². The first-order valence-electron chi connectivity index (χ1n) is 9.26. The lowest BCUT2D eigenvalue weighted by Gasteiger charge is -2.36. The fourth-order valence-electron chi connectivity index (χ4n) is 3.05. The Balaban J connectivity index is 1.49. The van der Waals surface area contributed by atoms with Crippen molar-refractivity contribution in [1.29, 1.82) is 0 Å². The van der Waals surface area contributed by atoms with Crippen molar-refractivity contribution in [2.24, 2.45) is 0 Å². The number of piperazine rings is 1. The van der Waals surface area contributed by atoms with Crippen LogP contribution in [0.15, 0.2) is 53.4 Å². The third-order valence-corrected chi connectivity index (χ3v) is 6.20. The summed E-state index contributed by atoms with van der Waals surface area (Å²) in [4.78, 5) is 27.3. The van der Waals surface area contributed by atoms with Crippen LogP contribution in [0, 0.1) is 5.82 Å². The van der Waals surface area contributed by atoms with Crippen molar-refractivity contribution in [3.63, 3.8) is 0 Å². The van der Waals surface area contributed by atoms with Crippen molar-refractivity contribution in [2.75, 3.05) is 37.7 Å². The fourth-order valence-corrected chi connectivity index (χ4v) is 3.77. The second-order valence-corrected chi connectivity index (χ2v) is 8.67. The van der Waals surface area contributed by atoms with Gasteiger partial charge >= 0.3 is 11.7 Å². The number of nitrogens with zero attached hydrogens (tertiary/aromatic N) is 2. The number of amides is 1. The van der Waals surface area contributed by atoms with Crippen molar-refractivity contribution in [2.45, 2.75) is 10.7 Å². The number of rotatable bonds is 6. The van der Waals surface area contributed by atoms with Crippen molar-refractivity contribution in [3.05, 3.63) is 59.9 Å². The van der Waals surface area contributed by atoms with Crippen molar-refractivity contribution < 1.29 is 35.9 Å². The molecule has 3 rings (SSSR count). The van der Waals surface area contributed by atoms with Gasteiger partial charge in [-0.2, -0.15) is 8.78 Å². The van der Waals surface area contributed by atoms with Crippen LogP contribution in [0.5, 0.6) is 0 Å². The molecule has 0 aromatic heterocycles. The molecule has 1 heterocycles. The van der Waals surface area contributed by atoms with E-state index in [1.807, 2.05) is 4.90 Å². The number of sulfone groups is 1. The number of benzene rings is 2. The molecule has 0 radical (unpaired) electrons. The zero-order chi connectivity index (χ0) is 22.6. The summed E-state index contributed by atoms with van der Waals surface area (Å²) in [5.41, 5.74) is 0.777. The first kappa shape index (κ1) is 22.6. The molecule has 2 aromatic rings. The normalized spacial score (nSPS) is 14.6. The van der Waals surface area contributed by atoms with E-state index in [0.29, 0.717) is 26.2 Å². The molecular formula is C20H19F3N2O5S. The molecule has 7 nitrogen and oxygen atoms in total. The number of halogens is 3. The molecule has 1 amide bonds. The standard InChI is InChI=1S/C20H19F3N2O5S/c21-15-3-5-16(6-4-15)24-9-11-25(12-10-24)18(26)13-30-19(27)14-1-7-17(8-2-14)31(28,29)20(22)23/h1-8,20H,9-13H2. The summed E-state index contributed by atoms with van der Waals surface area (Å²) in [5.74, 6) is -5.17. The Kier molecular flexibility index (Phi) is 6.84. The van der Waals surface area contributed by atoms with Crippen LogP contribution in [-0.2, 0) is 19.4 Å². The minimum absolute atomic E-state index is 0.0675. The van der Waals surface area contributed by atoms with Crippen molar-refractivity contribution in [3.8, 4) is 0 Å². The minimum atomic E-state index is -4.76. The van der Waals surface area contributed by atoms with Gasteiger partial charge in [0.15, 0.2) is 6.61 Å². The summed E-state index contributed by atoms with van der Waals surface area (Å²) in [6, 6.07) is 9.90. The summed E-state index contributed by atoms with van der Waals surface area (Å²) < 4.78 is 65.9. The summed E-state index contributed by atoms with van der Waals surface area (Å²) in [7, 11) is -4.76. The van der Waals surface area contributed by atoms with Gasteiger partial charge in [0.1, 0.15) is 5.82 Å². The van der Waals surface area contributed by atoms with Gasteiger partial charge < -0.3 is 14.5 Å². The predicted octanol–water partition coefficient (Wildman–Crippen LogP) is 2.33. The number of alkyl halides is 2. The Hall–Kier alpha value is -3.08. The summed E-state index contributed by atoms with van der Waals surface area (Å²) in [5, 5.41) is 0. The van der Waals surface area contributed by atoms with Crippen LogP contribution in [0.4, 0.5) is 18.9 Å². The highest BCUT2D eigenvalue weighted by Gasteiger charge is 2.27. The minimum Gasteiger partial charge on any atom is -0.452 e. The maximum Gasteiger partial charge on any atom is 0.341 e. The molecule has 1 aliphatic rings. The van der Waals surface area contributed by atoms with Crippen molar-refractivity contribution >= 4 is 27.4 Å². The highest BCUT2D eigenvalue weighted by Crippen LogP contribution is 2.19. The molecule has 0 unspecified atom stereocenters.